The number of nitrogens with zero attached hydrogens (tertiary/aromatic N) is 1. The molecular weight excluding hydrogens is 322 g/mol. The molecule has 2 aromatic carbocycles. The molecule has 0 spiro atoms. The van der Waals surface area contributed by atoms with Crippen LogP contribution in [0.3, 0.4) is 0 Å². The molecule has 0 saturated carbocycles. The third-order valence-corrected chi connectivity index (χ3v) is 5.17. The summed E-state index contributed by atoms with van der Waals surface area (Å²) in [6.45, 7) is 0. The lowest BCUT2D eigenvalue weighted by Gasteiger charge is -2.39. The number of benzene rings is 2. The van der Waals surface area contributed by atoms with E-state index in [0.29, 0.717) is 0 Å². The number of fused-ring (bicyclic) bond motifs is 1. The van der Waals surface area contributed by atoms with E-state index in [1.54, 1.807) is 7.11 Å². The Morgan fingerprint density at radius 3 is 2.79 bits per heavy atom. The predicted molar refractivity (Wildman–Crippen MR) is 96.9 cm³/mol. The number of amides is 1. The van der Waals surface area contributed by atoms with Crippen LogP contribution in [-0.4, -0.2) is 36.9 Å². The zero-order valence-corrected chi connectivity index (χ0v) is 14.8. The molecule has 0 aromatic heterocycles. The number of halogens is 1. The molecule has 1 aliphatic carbocycles. The lowest BCUT2D eigenvalue weighted by molar-refractivity contribution is -0.129. The number of aryl methyl sites for hydroxylation is 1. The molecule has 2 aromatic rings. The van der Waals surface area contributed by atoms with E-state index in [0.717, 1.165) is 18.6 Å². The van der Waals surface area contributed by atoms with Crippen molar-refractivity contribution in [1.82, 2.24) is 4.90 Å². The lowest BCUT2D eigenvalue weighted by atomic mass is 9.75. The van der Waals surface area contributed by atoms with Crippen LogP contribution < -0.4 is 4.74 Å². The van der Waals surface area contributed by atoms with Crippen LogP contribution in [0, 0.1) is 0 Å². The normalized spacial score (nSPS) is 19.5. The molecule has 1 amide bonds. The highest BCUT2D eigenvalue weighted by Crippen LogP contribution is 2.40. The number of carbonyl (C=O) groups excluding carboxylic acids is 1. The van der Waals surface area contributed by atoms with Crippen LogP contribution in [0.1, 0.15) is 29.0 Å². The highest BCUT2D eigenvalue weighted by molar-refractivity contribution is 6.27. The van der Waals surface area contributed by atoms with Crippen LogP contribution in [0.4, 0.5) is 0 Å². The van der Waals surface area contributed by atoms with E-state index in [9.17, 15) is 4.79 Å². The molecule has 0 N–H and O–H groups in total. The molecule has 2 atom stereocenters. The van der Waals surface area contributed by atoms with Crippen molar-refractivity contribution in [1.29, 1.82) is 0 Å². The first-order chi connectivity index (χ1) is 11.7. The number of carbonyl (C=O) groups is 1. The molecule has 4 heteroatoms. The molecule has 0 saturated heterocycles. The molecular formula is C20H22ClNO2. The molecule has 0 radical (unpaired) electrons. The van der Waals surface area contributed by atoms with Crippen LogP contribution in [0.25, 0.3) is 0 Å². The Morgan fingerprint density at radius 2 is 2.04 bits per heavy atom. The van der Waals surface area contributed by atoms with Crippen molar-refractivity contribution < 1.29 is 9.53 Å². The Kier molecular flexibility index (Phi) is 5.10. The first-order valence-electron chi connectivity index (χ1n) is 8.19. The van der Waals surface area contributed by atoms with Gasteiger partial charge in [-0.3, -0.25) is 4.79 Å². The van der Waals surface area contributed by atoms with Crippen LogP contribution in [0.2, 0.25) is 0 Å². The van der Waals surface area contributed by atoms with Crippen LogP contribution in [0.15, 0.2) is 48.5 Å². The first-order valence-corrected chi connectivity index (χ1v) is 8.72. The SMILES string of the molecule is COc1cccc([C@H]2c3ccccc3CC[C@@H]2N(C)C(=O)CCl)c1. The number of rotatable bonds is 4. The Labute approximate surface area is 148 Å². The van der Waals surface area contributed by atoms with E-state index in [1.165, 1.54) is 16.7 Å². The standard InChI is InChI=1S/C20H22ClNO2/c1-22(19(23)13-21)18-11-10-14-6-3-4-9-17(14)20(18)15-7-5-8-16(12-15)24-2/h3-9,12,18,20H,10-11,13H2,1-2H3/t18-,20-/m0/s1. The van der Waals surface area contributed by atoms with Crippen molar-refractivity contribution in [3.8, 4) is 5.75 Å². The molecule has 126 valence electrons. The number of hydrogen-bond donors (Lipinski definition) is 0. The van der Waals surface area contributed by atoms with Gasteiger partial charge in [0, 0.05) is 19.0 Å². The molecule has 0 unspecified atom stereocenters. The summed E-state index contributed by atoms with van der Waals surface area (Å²) in [6, 6.07) is 16.7. The fraction of sp³-hybridized carbons (Fsp3) is 0.350. The van der Waals surface area contributed by atoms with Crippen molar-refractivity contribution in [2.75, 3.05) is 20.0 Å². The van der Waals surface area contributed by atoms with Gasteiger partial charge in [-0.25, -0.2) is 0 Å². The Balaban J connectivity index is 2.08. The Bertz CT molecular complexity index is 731. The molecule has 0 bridgehead atoms. The molecule has 1 aliphatic rings. The minimum atomic E-state index is -0.0334. The van der Waals surface area contributed by atoms with Crippen LogP contribution >= 0.6 is 11.6 Å². The number of likely N-dealkylation sites (N-methyl/N-ethyl adjacent to an activating group) is 1. The lowest BCUT2D eigenvalue weighted by Crippen LogP contribution is -2.44. The second-order valence-corrected chi connectivity index (χ2v) is 6.46. The van der Waals surface area contributed by atoms with Crippen LogP contribution in [0.5, 0.6) is 5.75 Å². The van der Waals surface area contributed by atoms with Gasteiger partial charge in [0.1, 0.15) is 11.6 Å². The summed E-state index contributed by atoms with van der Waals surface area (Å²) in [5.74, 6) is 0.941. The summed E-state index contributed by atoms with van der Waals surface area (Å²) >= 11 is 5.80. The highest BCUT2D eigenvalue weighted by Gasteiger charge is 2.34. The van der Waals surface area contributed by atoms with Crippen molar-refractivity contribution in [3.05, 3.63) is 65.2 Å². The maximum Gasteiger partial charge on any atom is 0.237 e. The van der Waals surface area contributed by atoms with Gasteiger partial charge >= 0.3 is 0 Å². The summed E-state index contributed by atoms with van der Waals surface area (Å²) in [5, 5.41) is 0. The summed E-state index contributed by atoms with van der Waals surface area (Å²) in [7, 11) is 3.53. The molecule has 3 nitrogen and oxygen atoms in total. The van der Waals surface area contributed by atoms with E-state index in [2.05, 4.69) is 36.4 Å². The second-order valence-electron chi connectivity index (χ2n) is 6.20. The summed E-state index contributed by atoms with van der Waals surface area (Å²) < 4.78 is 5.40. The van der Waals surface area contributed by atoms with E-state index < -0.39 is 0 Å². The largest absolute Gasteiger partial charge is 0.497 e. The van der Waals surface area contributed by atoms with Gasteiger partial charge in [-0.05, 0) is 41.7 Å². The van der Waals surface area contributed by atoms with Gasteiger partial charge < -0.3 is 9.64 Å². The summed E-state index contributed by atoms with van der Waals surface area (Å²) in [4.78, 5) is 14.0. The monoisotopic (exact) mass is 343 g/mol. The molecule has 0 aliphatic heterocycles. The third-order valence-electron chi connectivity index (χ3n) is 4.94. The van der Waals surface area contributed by atoms with Crippen molar-refractivity contribution in [2.24, 2.45) is 0 Å². The average molecular weight is 344 g/mol. The zero-order chi connectivity index (χ0) is 17.1. The van der Waals surface area contributed by atoms with Gasteiger partial charge in [0.15, 0.2) is 0 Å². The van der Waals surface area contributed by atoms with Gasteiger partial charge in [-0.2, -0.15) is 0 Å². The average Bonchev–Trinajstić information content (AvgIpc) is 2.65. The van der Waals surface area contributed by atoms with E-state index in [4.69, 9.17) is 16.3 Å². The minimum Gasteiger partial charge on any atom is -0.497 e. The van der Waals surface area contributed by atoms with Crippen molar-refractivity contribution in [3.63, 3.8) is 0 Å². The molecule has 0 heterocycles. The van der Waals surface area contributed by atoms with Gasteiger partial charge in [0.25, 0.3) is 0 Å². The number of hydrogen-bond acceptors (Lipinski definition) is 2. The zero-order valence-electron chi connectivity index (χ0n) is 14.0. The predicted octanol–water partition coefficient (Wildman–Crippen LogP) is 3.84. The van der Waals surface area contributed by atoms with Crippen LogP contribution in [-0.2, 0) is 11.2 Å². The Morgan fingerprint density at radius 1 is 1.25 bits per heavy atom. The molecule has 3 rings (SSSR count). The fourth-order valence-corrected chi connectivity index (χ4v) is 3.86. The smallest absolute Gasteiger partial charge is 0.237 e. The van der Waals surface area contributed by atoms with Crippen molar-refractivity contribution >= 4 is 17.5 Å². The first kappa shape index (κ1) is 16.8. The third kappa shape index (κ3) is 3.13. The number of ether oxygens (including phenoxy) is 1. The Hall–Kier alpha value is -2.00. The van der Waals surface area contributed by atoms with E-state index >= 15 is 0 Å². The van der Waals surface area contributed by atoms with Gasteiger partial charge in [-0.15, -0.1) is 11.6 Å². The number of alkyl halides is 1. The fourth-order valence-electron chi connectivity index (χ4n) is 3.68. The summed E-state index contributed by atoms with van der Waals surface area (Å²) in [6.07, 6.45) is 1.90. The summed E-state index contributed by atoms with van der Waals surface area (Å²) in [5.41, 5.74) is 3.81. The topological polar surface area (TPSA) is 29.5 Å². The second kappa shape index (κ2) is 7.27. The minimum absolute atomic E-state index is 0.0134. The van der Waals surface area contributed by atoms with E-state index in [-0.39, 0.29) is 23.7 Å². The van der Waals surface area contributed by atoms with Gasteiger partial charge in [-0.1, -0.05) is 36.4 Å². The quantitative estimate of drug-likeness (QED) is 0.789. The maximum absolute atomic E-state index is 12.2. The molecule has 24 heavy (non-hydrogen) atoms. The molecule has 0 fully saturated rings. The van der Waals surface area contributed by atoms with Crippen molar-refractivity contribution in [2.45, 2.75) is 24.8 Å². The highest BCUT2D eigenvalue weighted by atomic mass is 35.5. The van der Waals surface area contributed by atoms with Gasteiger partial charge in [0.2, 0.25) is 5.91 Å². The van der Waals surface area contributed by atoms with Gasteiger partial charge in [0.05, 0.1) is 7.11 Å². The maximum atomic E-state index is 12.2. The van der Waals surface area contributed by atoms with E-state index in [1.807, 2.05) is 24.1 Å². The number of methoxy groups -OCH3 is 1.